The monoisotopic (exact) mass is 292 g/mol. The summed E-state index contributed by atoms with van der Waals surface area (Å²) in [6, 6.07) is 11.0. The number of hydrogen-bond donors (Lipinski definition) is 1. The van der Waals surface area contributed by atoms with Crippen molar-refractivity contribution in [1.82, 2.24) is 5.32 Å². The Kier molecular flexibility index (Phi) is 6.02. The van der Waals surface area contributed by atoms with E-state index in [9.17, 15) is 4.39 Å². The standard InChI is InChI=1S/C16H21FN2S/c1-2-19(15-7-5-14(17)6-8-15)12-11-18-10-9-16-4-3-13-20-16/h3-8,13,18H,2,9-12H2,1H3. The van der Waals surface area contributed by atoms with Crippen molar-refractivity contribution < 1.29 is 4.39 Å². The second-order valence-corrected chi connectivity index (χ2v) is 5.67. The molecule has 4 heteroatoms. The van der Waals surface area contributed by atoms with Gasteiger partial charge < -0.3 is 10.2 Å². The lowest BCUT2D eigenvalue weighted by molar-refractivity contribution is 0.626. The largest absolute Gasteiger partial charge is 0.371 e. The molecule has 2 aromatic rings. The van der Waals surface area contributed by atoms with Crippen LogP contribution in [-0.4, -0.2) is 26.2 Å². The van der Waals surface area contributed by atoms with Gasteiger partial charge in [0.05, 0.1) is 0 Å². The quantitative estimate of drug-likeness (QED) is 0.749. The van der Waals surface area contributed by atoms with Crippen molar-refractivity contribution >= 4 is 17.0 Å². The maximum Gasteiger partial charge on any atom is 0.123 e. The first-order valence-corrected chi connectivity index (χ1v) is 7.91. The zero-order chi connectivity index (χ0) is 14.2. The Hall–Kier alpha value is -1.39. The molecule has 1 aromatic carbocycles. The maximum absolute atomic E-state index is 12.9. The van der Waals surface area contributed by atoms with Crippen LogP contribution in [-0.2, 0) is 6.42 Å². The van der Waals surface area contributed by atoms with Crippen molar-refractivity contribution in [2.45, 2.75) is 13.3 Å². The van der Waals surface area contributed by atoms with Gasteiger partial charge in [0.15, 0.2) is 0 Å². The second-order valence-electron chi connectivity index (χ2n) is 4.64. The topological polar surface area (TPSA) is 15.3 Å². The van der Waals surface area contributed by atoms with E-state index in [1.54, 1.807) is 11.3 Å². The maximum atomic E-state index is 12.9. The van der Waals surface area contributed by atoms with Crippen LogP contribution in [0.4, 0.5) is 10.1 Å². The highest BCUT2D eigenvalue weighted by atomic mass is 32.1. The van der Waals surface area contributed by atoms with Crippen molar-refractivity contribution in [2.75, 3.05) is 31.1 Å². The van der Waals surface area contributed by atoms with Crippen molar-refractivity contribution in [3.8, 4) is 0 Å². The Bertz CT molecular complexity index is 482. The molecule has 0 bridgehead atoms. The van der Waals surface area contributed by atoms with Gasteiger partial charge in [-0.15, -0.1) is 11.3 Å². The number of rotatable bonds is 8. The molecule has 0 aliphatic heterocycles. The average molecular weight is 292 g/mol. The van der Waals surface area contributed by atoms with E-state index >= 15 is 0 Å². The third-order valence-corrected chi connectivity index (χ3v) is 4.20. The summed E-state index contributed by atoms with van der Waals surface area (Å²) in [5, 5.41) is 5.57. The second kappa shape index (κ2) is 8.02. The van der Waals surface area contributed by atoms with E-state index in [-0.39, 0.29) is 5.82 Å². The van der Waals surface area contributed by atoms with Gasteiger partial charge in [-0.2, -0.15) is 0 Å². The highest BCUT2D eigenvalue weighted by molar-refractivity contribution is 7.09. The molecule has 0 aliphatic rings. The predicted molar refractivity (Wildman–Crippen MR) is 85.2 cm³/mol. The van der Waals surface area contributed by atoms with Gasteiger partial charge in [-0.1, -0.05) is 6.07 Å². The van der Waals surface area contributed by atoms with Crippen LogP contribution in [0.3, 0.4) is 0 Å². The number of anilines is 1. The smallest absolute Gasteiger partial charge is 0.123 e. The van der Waals surface area contributed by atoms with E-state index < -0.39 is 0 Å². The summed E-state index contributed by atoms with van der Waals surface area (Å²) in [5.41, 5.74) is 1.08. The van der Waals surface area contributed by atoms with Crippen LogP contribution < -0.4 is 10.2 Å². The highest BCUT2D eigenvalue weighted by Crippen LogP contribution is 2.14. The number of nitrogens with zero attached hydrogens (tertiary/aromatic N) is 1. The molecule has 1 N–H and O–H groups in total. The summed E-state index contributed by atoms with van der Waals surface area (Å²) < 4.78 is 12.9. The Morgan fingerprint density at radius 3 is 2.60 bits per heavy atom. The van der Waals surface area contributed by atoms with E-state index in [2.05, 4.69) is 34.7 Å². The molecule has 0 saturated heterocycles. The SMILES string of the molecule is CCN(CCNCCc1cccs1)c1ccc(F)cc1. The molecule has 0 amide bonds. The van der Waals surface area contributed by atoms with Gasteiger partial charge in [-0.3, -0.25) is 0 Å². The molecule has 0 fully saturated rings. The minimum atomic E-state index is -0.182. The lowest BCUT2D eigenvalue weighted by Crippen LogP contribution is -2.32. The van der Waals surface area contributed by atoms with Crippen molar-refractivity contribution in [3.63, 3.8) is 0 Å². The third-order valence-electron chi connectivity index (χ3n) is 3.26. The minimum Gasteiger partial charge on any atom is -0.371 e. The van der Waals surface area contributed by atoms with Gasteiger partial charge in [-0.05, 0) is 49.1 Å². The van der Waals surface area contributed by atoms with Gasteiger partial charge in [0.25, 0.3) is 0 Å². The van der Waals surface area contributed by atoms with E-state index in [1.807, 2.05) is 12.1 Å². The number of benzene rings is 1. The average Bonchev–Trinajstić information content (AvgIpc) is 2.97. The van der Waals surface area contributed by atoms with Crippen LogP contribution in [0.5, 0.6) is 0 Å². The van der Waals surface area contributed by atoms with Crippen LogP contribution in [0.15, 0.2) is 41.8 Å². The molecule has 0 atom stereocenters. The zero-order valence-electron chi connectivity index (χ0n) is 11.8. The van der Waals surface area contributed by atoms with Crippen LogP contribution in [0, 0.1) is 5.82 Å². The number of hydrogen-bond acceptors (Lipinski definition) is 3. The van der Waals surface area contributed by atoms with Gasteiger partial charge in [0.1, 0.15) is 5.82 Å². The lowest BCUT2D eigenvalue weighted by atomic mass is 10.2. The lowest BCUT2D eigenvalue weighted by Gasteiger charge is -2.23. The molecule has 0 unspecified atom stereocenters. The van der Waals surface area contributed by atoms with Gasteiger partial charge in [0.2, 0.25) is 0 Å². The fraction of sp³-hybridized carbons (Fsp3) is 0.375. The van der Waals surface area contributed by atoms with Crippen LogP contribution in [0.1, 0.15) is 11.8 Å². The molecule has 0 aliphatic carbocycles. The number of likely N-dealkylation sites (N-methyl/N-ethyl adjacent to an activating group) is 1. The van der Waals surface area contributed by atoms with E-state index in [0.29, 0.717) is 0 Å². The van der Waals surface area contributed by atoms with E-state index in [4.69, 9.17) is 0 Å². The Balaban J connectivity index is 1.70. The summed E-state index contributed by atoms with van der Waals surface area (Å²) in [6.07, 6.45) is 1.08. The first-order chi connectivity index (χ1) is 9.79. The molecular formula is C16H21FN2S. The summed E-state index contributed by atoms with van der Waals surface area (Å²) in [5.74, 6) is -0.182. The summed E-state index contributed by atoms with van der Waals surface area (Å²) in [7, 11) is 0. The molecule has 2 rings (SSSR count). The van der Waals surface area contributed by atoms with Gasteiger partial charge in [-0.25, -0.2) is 4.39 Å². The number of halogens is 1. The van der Waals surface area contributed by atoms with E-state index in [1.165, 1.54) is 17.0 Å². The predicted octanol–water partition coefficient (Wildman–Crippen LogP) is 3.55. The molecule has 2 nitrogen and oxygen atoms in total. The fourth-order valence-electron chi connectivity index (χ4n) is 2.13. The molecule has 0 saturated carbocycles. The summed E-state index contributed by atoms with van der Waals surface area (Å²) >= 11 is 1.80. The molecule has 108 valence electrons. The van der Waals surface area contributed by atoms with Crippen molar-refractivity contribution in [2.24, 2.45) is 0 Å². The number of thiophene rings is 1. The Labute approximate surface area is 124 Å². The molecule has 20 heavy (non-hydrogen) atoms. The van der Waals surface area contributed by atoms with Crippen LogP contribution in [0.25, 0.3) is 0 Å². The van der Waals surface area contributed by atoms with Crippen LogP contribution in [0.2, 0.25) is 0 Å². The molecule has 1 heterocycles. The van der Waals surface area contributed by atoms with Crippen molar-refractivity contribution in [1.29, 1.82) is 0 Å². The fourth-order valence-corrected chi connectivity index (χ4v) is 2.84. The Morgan fingerprint density at radius 1 is 1.15 bits per heavy atom. The van der Waals surface area contributed by atoms with Gasteiger partial charge >= 0.3 is 0 Å². The molecule has 0 radical (unpaired) electrons. The molecular weight excluding hydrogens is 271 g/mol. The van der Waals surface area contributed by atoms with Crippen molar-refractivity contribution in [3.05, 3.63) is 52.5 Å². The van der Waals surface area contributed by atoms with E-state index in [0.717, 1.165) is 38.3 Å². The zero-order valence-corrected chi connectivity index (χ0v) is 12.6. The van der Waals surface area contributed by atoms with Gasteiger partial charge in [0, 0.05) is 36.7 Å². The summed E-state index contributed by atoms with van der Waals surface area (Å²) in [4.78, 5) is 3.67. The first-order valence-electron chi connectivity index (χ1n) is 7.03. The third kappa shape index (κ3) is 4.62. The molecule has 1 aromatic heterocycles. The normalized spacial score (nSPS) is 10.7. The van der Waals surface area contributed by atoms with Crippen LogP contribution >= 0.6 is 11.3 Å². The Morgan fingerprint density at radius 2 is 1.95 bits per heavy atom. The number of nitrogens with one attached hydrogen (secondary N) is 1. The summed E-state index contributed by atoms with van der Waals surface area (Å²) in [6.45, 7) is 5.93. The first kappa shape index (κ1) is 15.0. The highest BCUT2D eigenvalue weighted by Gasteiger charge is 2.03. The molecule has 0 spiro atoms. The minimum absolute atomic E-state index is 0.182.